The number of carbonyl (C=O) groups is 1. The quantitative estimate of drug-likeness (QED) is 0.773. The molecule has 0 radical (unpaired) electrons. The number of anilines is 1. The minimum atomic E-state index is -0.125. The van der Waals surface area contributed by atoms with Crippen molar-refractivity contribution in [1.29, 1.82) is 0 Å². The fourth-order valence-electron chi connectivity index (χ4n) is 1.25. The normalized spacial score (nSPS) is 9.93. The lowest BCUT2D eigenvalue weighted by Gasteiger charge is -1.94. The smallest absolute Gasteiger partial charge is 0.222 e. The van der Waals surface area contributed by atoms with Gasteiger partial charge in [-0.25, -0.2) is 0 Å². The van der Waals surface area contributed by atoms with E-state index in [1.807, 2.05) is 12.1 Å². The summed E-state index contributed by atoms with van der Waals surface area (Å²) in [4.78, 5) is 14.7. The highest BCUT2D eigenvalue weighted by Gasteiger charge is 2.03. The number of pyridine rings is 1. The van der Waals surface area contributed by atoms with E-state index in [0.717, 1.165) is 11.3 Å². The lowest BCUT2D eigenvalue weighted by atomic mass is 10.2. The average Bonchev–Trinajstić information content (AvgIpc) is 2.67. The number of amides is 1. The zero-order valence-corrected chi connectivity index (χ0v) is 8.19. The van der Waals surface area contributed by atoms with Crippen LogP contribution in [0.1, 0.15) is 6.92 Å². The number of H-pyrrole nitrogens is 1. The minimum absolute atomic E-state index is 0.125. The molecule has 5 nitrogen and oxygen atoms in total. The molecular formula is C10H10N4O. The summed E-state index contributed by atoms with van der Waals surface area (Å²) < 4.78 is 0. The Morgan fingerprint density at radius 2 is 2.13 bits per heavy atom. The first kappa shape index (κ1) is 9.39. The standard InChI is InChI=1S/C10H10N4O/c1-7(15)12-10-6-9(13-14-10)8-2-4-11-5-3-8/h2-6H,1H3,(H2,12,13,14,15). The molecule has 1 amide bonds. The first-order valence-corrected chi connectivity index (χ1v) is 4.49. The molecule has 76 valence electrons. The highest BCUT2D eigenvalue weighted by atomic mass is 16.1. The summed E-state index contributed by atoms with van der Waals surface area (Å²) in [7, 11) is 0. The van der Waals surface area contributed by atoms with Crippen molar-refractivity contribution in [2.24, 2.45) is 0 Å². The van der Waals surface area contributed by atoms with Crippen LogP contribution in [0, 0.1) is 0 Å². The zero-order chi connectivity index (χ0) is 10.7. The third-order valence-corrected chi connectivity index (χ3v) is 1.86. The molecule has 0 bridgehead atoms. The zero-order valence-electron chi connectivity index (χ0n) is 8.19. The summed E-state index contributed by atoms with van der Waals surface area (Å²) in [5, 5.41) is 9.43. The number of aromatic amines is 1. The van der Waals surface area contributed by atoms with Crippen molar-refractivity contribution in [3.8, 4) is 11.3 Å². The van der Waals surface area contributed by atoms with Crippen LogP contribution in [0.3, 0.4) is 0 Å². The first-order chi connectivity index (χ1) is 7.25. The van der Waals surface area contributed by atoms with E-state index in [0.29, 0.717) is 5.82 Å². The van der Waals surface area contributed by atoms with E-state index >= 15 is 0 Å². The molecule has 2 aromatic rings. The van der Waals surface area contributed by atoms with E-state index in [9.17, 15) is 4.79 Å². The van der Waals surface area contributed by atoms with Crippen molar-refractivity contribution >= 4 is 11.7 Å². The third-order valence-electron chi connectivity index (χ3n) is 1.86. The van der Waals surface area contributed by atoms with Crippen LogP contribution in [0.4, 0.5) is 5.82 Å². The van der Waals surface area contributed by atoms with Crippen molar-refractivity contribution in [1.82, 2.24) is 15.2 Å². The fourth-order valence-corrected chi connectivity index (χ4v) is 1.25. The predicted molar refractivity (Wildman–Crippen MR) is 56.1 cm³/mol. The van der Waals surface area contributed by atoms with Crippen molar-refractivity contribution in [2.75, 3.05) is 5.32 Å². The molecule has 2 heterocycles. The van der Waals surface area contributed by atoms with E-state index < -0.39 is 0 Å². The number of carbonyl (C=O) groups excluding carboxylic acids is 1. The summed E-state index contributed by atoms with van der Waals surface area (Å²) in [5.41, 5.74) is 1.74. The Morgan fingerprint density at radius 3 is 2.80 bits per heavy atom. The van der Waals surface area contributed by atoms with Gasteiger partial charge in [0.2, 0.25) is 5.91 Å². The van der Waals surface area contributed by atoms with E-state index in [1.54, 1.807) is 18.5 Å². The summed E-state index contributed by atoms with van der Waals surface area (Å²) in [6, 6.07) is 5.48. The number of hydrogen-bond acceptors (Lipinski definition) is 3. The molecule has 2 N–H and O–H groups in total. The second kappa shape index (κ2) is 3.91. The van der Waals surface area contributed by atoms with Gasteiger partial charge in [0.1, 0.15) is 5.82 Å². The average molecular weight is 202 g/mol. The predicted octanol–water partition coefficient (Wildman–Crippen LogP) is 1.43. The lowest BCUT2D eigenvalue weighted by molar-refractivity contribution is -0.114. The van der Waals surface area contributed by atoms with Gasteiger partial charge in [-0.15, -0.1) is 0 Å². The summed E-state index contributed by atoms with van der Waals surface area (Å²) in [5.74, 6) is 0.467. The second-order valence-electron chi connectivity index (χ2n) is 3.08. The third kappa shape index (κ3) is 2.19. The highest BCUT2D eigenvalue weighted by molar-refractivity contribution is 5.88. The Hall–Kier alpha value is -2.17. The van der Waals surface area contributed by atoms with Crippen molar-refractivity contribution in [2.45, 2.75) is 6.92 Å². The van der Waals surface area contributed by atoms with Gasteiger partial charge in [-0.05, 0) is 12.1 Å². The molecule has 5 heteroatoms. The molecule has 0 fully saturated rings. The molecule has 2 aromatic heterocycles. The summed E-state index contributed by atoms with van der Waals surface area (Å²) in [6.45, 7) is 1.45. The van der Waals surface area contributed by atoms with Crippen LogP contribution in [0.25, 0.3) is 11.3 Å². The Kier molecular flexibility index (Phi) is 2.45. The maximum absolute atomic E-state index is 10.8. The van der Waals surface area contributed by atoms with E-state index in [4.69, 9.17) is 0 Å². The van der Waals surface area contributed by atoms with Crippen molar-refractivity contribution in [3.05, 3.63) is 30.6 Å². The Morgan fingerprint density at radius 1 is 1.40 bits per heavy atom. The van der Waals surface area contributed by atoms with Gasteiger partial charge in [-0.1, -0.05) is 0 Å². The number of nitrogens with zero attached hydrogens (tertiary/aromatic N) is 2. The Labute approximate surface area is 86.5 Å². The Balaban J connectivity index is 2.24. The van der Waals surface area contributed by atoms with E-state index in [-0.39, 0.29) is 5.91 Å². The molecule has 0 aliphatic carbocycles. The molecule has 2 rings (SSSR count). The molecule has 0 spiro atoms. The van der Waals surface area contributed by atoms with Gasteiger partial charge in [0, 0.05) is 30.9 Å². The Bertz CT molecular complexity index is 463. The summed E-state index contributed by atoms with van der Waals surface area (Å²) in [6.07, 6.45) is 3.39. The van der Waals surface area contributed by atoms with E-state index in [2.05, 4.69) is 20.5 Å². The van der Waals surface area contributed by atoms with Crippen molar-refractivity contribution < 1.29 is 4.79 Å². The number of nitrogens with one attached hydrogen (secondary N) is 2. The molecule has 0 atom stereocenters. The highest BCUT2D eigenvalue weighted by Crippen LogP contribution is 2.18. The van der Waals surface area contributed by atoms with Gasteiger partial charge in [0.05, 0.1) is 5.69 Å². The van der Waals surface area contributed by atoms with Crippen LogP contribution >= 0.6 is 0 Å². The minimum Gasteiger partial charge on any atom is -0.311 e. The number of rotatable bonds is 2. The largest absolute Gasteiger partial charge is 0.311 e. The van der Waals surface area contributed by atoms with Gasteiger partial charge >= 0.3 is 0 Å². The fraction of sp³-hybridized carbons (Fsp3) is 0.100. The number of hydrogen-bond donors (Lipinski definition) is 2. The first-order valence-electron chi connectivity index (χ1n) is 4.49. The lowest BCUT2D eigenvalue weighted by Crippen LogP contribution is -2.05. The van der Waals surface area contributed by atoms with Gasteiger partial charge in [-0.3, -0.25) is 14.9 Å². The van der Waals surface area contributed by atoms with Gasteiger partial charge < -0.3 is 5.32 Å². The van der Waals surface area contributed by atoms with Crippen LogP contribution in [0.2, 0.25) is 0 Å². The maximum atomic E-state index is 10.8. The number of aromatic nitrogens is 3. The topological polar surface area (TPSA) is 70.7 Å². The molecule has 0 aliphatic rings. The molecule has 0 aromatic carbocycles. The molecule has 0 saturated heterocycles. The van der Waals surface area contributed by atoms with Crippen LogP contribution in [-0.4, -0.2) is 21.1 Å². The monoisotopic (exact) mass is 202 g/mol. The second-order valence-corrected chi connectivity index (χ2v) is 3.08. The van der Waals surface area contributed by atoms with Crippen LogP contribution in [0.15, 0.2) is 30.6 Å². The molecule has 15 heavy (non-hydrogen) atoms. The van der Waals surface area contributed by atoms with Crippen LogP contribution in [-0.2, 0) is 4.79 Å². The van der Waals surface area contributed by atoms with Crippen LogP contribution in [0.5, 0.6) is 0 Å². The molecule has 0 unspecified atom stereocenters. The van der Waals surface area contributed by atoms with Crippen molar-refractivity contribution in [3.63, 3.8) is 0 Å². The van der Waals surface area contributed by atoms with E-state index in [1.165, 1.54) is 6.92 Å². The van der Waals surface area contributed by atoms with Crippen LogP contribution < -0.4 is 5.32 Å². The van der Waals surface area contributed by atoms with Gasteiger partial charge in [0.15, 0.2) is 0 Å². The molecular weight excluding hydrogens is 192 g/mol. The van der Waals surface area contributed by atoms with Gasteiger partial charge in [0.25, 0.3) is 0 Å². The molecule has 0 aliphatic heterocycles. The SMILES string of the molecule is CC(=O)Nc1cc(-c2ccncc2)n[nH]1. The molecule has 0 saturated carbocycles. The maximum Gasteiger partial charge on any atom is 0.222 e. The van der Waals surface area contributed by atoms with Gasteiger partial charge in [-0.2, -0.15) is 5.10 Å². The summed E-state index contributed by atoms with van der Waals surface area (Å²) >= 11 is 0.